The predicted octanol–water partition coefficient (Wildman–Crippen LogP) is 7.80. The molecule has 4 aromatic carbocycles. The summed E-state index contributed by atoms with van der Waals surface area (Å²) in [6.07, 6.45) is 0. The highest BCUT2D eigenvalue weighted by molar-refractivity contribution is 8.33. The molecule has 0 unspecified atom stereocenters. The lowest BCUT2D eigenvalue weighted by molar-refractivity contribution is -0.158. The van der Waals surface area contributed by atoms with Gasteiger partial charge in [-0.1, -0.05) is 18.2 Å². The van der Waals surface area contributed by atoms with Crippen molar-refractivity contribution in [2.24, 2.45) is 0 Å². The van der Waals surface area contributed by atoms with Gasteiger partial charge in [0.2, 0.25) is 0 Å². The molecule has 0 aliphatic heterocycles. The van der Waals surface area contributed by atoms with E-state index < -0.39 is 43.6 Å². The van der Waals surface area contributed by atoms with E-state index in [1.54, 1.807) is 108 Å². The molecule has 0 spiro atoms. The van der Waals surface area contributed by atoms with Gasteiger partial charge >= 0.3 is 22.1 Å². The van der Waals surface area contributed by atoms with Crippen LogP contribution in [-0.2, 0) is 32.8 Å². The number of nitrogens with zero attached hydrogens (tertiary/aromatic N) is 1. The van der Waals surface area contributed by atoms with Crippen LogP contribution in [0.4, 0.5) is 5.69 Å². The summed E-state index contributed by atoms with van der Waals surface area (Å²) >= 11 is 0. The van der Waals surface area contributed by atoms with Crippen molar-refractivity contribution in [2.75, 3.05) is 32.2 Å². The molecule has 4 aromatic rings. The first-order chi connectivity index (χ1) is 23.4. The van der Waals surface area contributed by atoms with Crippen molar-refractivity contribution in [1.29, 1.82) is 0 Å². The summed E-state index contributed by atoms with van der Waals surface area (Å²) in [5, 5.41) is 0. The predicted molar refractivity (Wildman–Crippen MR) is 193 cm³/mol. The Kier molecular flexibility index (Phi) is 11.9. The number of rotatable bonds is 13. The second-order valence-corrected chi connectivity index (χ2v) is 17.9. The van der Waals surface area contributed by atoms with Crippen molar-refractivity contribution in [3.8, 4) is 11.5 Å². The van der Waals surface area contributed by atoms with Gasteiger partial charge in [-0.3, -0.25) is 0 Å². The molecule has 0 radical (unpaired) electrons. The maximum Gasteiger partial charge on any atom is 0.344 e. The summed E-state index contributed by atoms with van der Waals surface area (Å²) in [6.45, 7) is 10.0. The Morgan fingerprint density at radius 1 is 0.560 bits per heavy atom. The number of hydrogen-bond donors (Lipinski definition) is 0. The number of ether oxygens (including phenoxy) is 4. The van der Waals surface area contributed by atoms with Crippen LogP contribution >= 0.6 is 10.3 Å². The smallest absolute Gasteiger partial charge is 0.344 e. The van der Waals surface area contributed by atoms with Crippen molar-refractivity contribution in [3.63, 3.8) is 0 Å². The Morgan fingerprint density at radius 3 is 1.30 bits per heavy atom. The summed E-state index contributed by atoms with van der Waals surface area (Å²) in [7, 11) is -3.54. The largest absolute Gasteiger partial charge is 0.482 e. The molecule has 0 aliphatic carbocycles. The zero-order valence-corrected chi connectivity index (χ0v) is 31.3. The van der Waals surface area contributed by atoms with E-state index in [0.717, 1.165) is 5.69 Å². The SMILES string of the molecule is CN(C)c1ccc(S(OS(=O)(=O)c2ccccc2)(c2ccc(OCC(=O)OC(C)(C)C)cc2)c2ccc(OCC(=O)OC(C)(C)C)cc2)cc1. The number of hydrogen-bond acceptors (Lipinski definition) is 10. The lowest BCUT2D eigenvalue weighted by Crippen LogP contribution is -2.27. The van der Waals surface area contributed by atoms with Crippen LogP contribution in [0.1, 0.15) is 41.5 Å². The first-order valence-electron chi connectivity index (χ1n) is 15.9. The fourth-order valence-electron chi connectivity index (χ4n) is 4.70. The van der Waals surface area contributed by atoms with Crippen LogP contribution in [0.3, 0.4) is 0 Å². The van der Waals surface area contributed by atoms with Crippen LogP contribution in [0.25, 0.3) is 0 Å². The molecule has 0 saturated carbocycles. The maximum absolute atomic E-state index is 14.1. The third kappa shape index (κ3) is 10.3. The lowest BCUT2D eigenvalue weighted by Gasteiger charge is -2.39. The number of esters is 2. The van der Waals surface area contributed by atoms with Crippen LogP contribution in [-0.4, -0.2) is 58.9 Å². The lowest BCUT2D eigenvalue weighted by atomic mass is 10.2. The standard InChI is InChI=1S/C38H45NO9S2/c1-37(2,3)46-35(40)26-44-29-16-22-32(23-17-29)49(31-20-14-28(15-21-31)39(7)8,48-50(42,43)34-12-10-9-11-13-34)33-24-18-30(19-25-33)45-27-36(41)47-38(4,5)6/h9-25H,26-27H2,1-8H3. The van der Waals surface area contributed by atoms with Crippen molar-refractivity contribution in [3.05, 3.63) is 103 Å². The molecular formula is C38H45NO9S2. The van der Waals surface area contributed by atoms with E-state index >= 15 is 0 Å². The fraction of sp³-hybridized carbons (Fsp3) is 0.316. The monoisotopic (exact) mass is 723 g/mol. The summed E-state index contributed by atoms with van der Waals surface area (Å²) in [6, 6.07) is 29.0. The van der Waals surface area contributed by atoms with Gasteiger partial charge in [-0.2, -0.15) is 8.42 Å². The average molecular weight is 724 g/mol. The molecule has 12 heteroatoms. The Hall–Kier alpha value is -4.52. The molecule has 50 heavy (non-hydrogen) atoms. The van der Waals surface area contributed by atoms with Gasteiger partial charge in [0.25, 0.3) is 0 Å². The van der Waals surface area contributed by atoms with E-state index in [-0.39, 0.29) is 18.1 Å². The average Bonchev–Trinajstić information content (AvgIpc) is 3.05. The summed E-state index contributed by atoms with van der Waals surface area (Å²) in [5.41, 5.74) is -0.412. The van der Waals surface area contributed by atoms with Gasteiger partial charge in [-0.05, 0) is 137 Å². The van der Waals surface area contributed by atoms with Crippen LogP contribution in [0.5, 0.6) is 11.5 Å². The fourth-order valence-corrected chi connectivity index (χ4v) is 9.90. The van der Waals surface area contributed by atoms with Gasteiger partial charge in [0.15, 0.2) is 13.2 Å². The maximum atomic E-state index is 14.1. The molecule has 0 fully saturated rings. The van der Waals surface area contributed by atoms with Crippen LogP contribution < -0.4 is 14.4 Å². The molecule has 0 aromatic heterocycles. The van der Waals surface area contributed by atoms with Crippen molar-refractivity contribution >= 4 is 38.1 Å². The molecule has 0 atom stereocenters. The minimum absolute atomic E-state index is 0.00332. The molecular weight excluding hydrogens is 679 g/mol. The molecule has 0 bridgehead atoms. The minimum Gasteiger partial charge on any atom is -0.482 e. The Labute approximate surface area is 296 Å². The van der Waals surface area contributed by atoms with E-state index in [2.05, 4.69) is 0 Å². The van der Waals surface area contributed by atoms with Gasteiger partial charge in [-0.25, -0.2) is 13.2 Å². The number of carbonyl (C=O) groups excluding carboxylic acids is 2. The highest BCUT2D eigenvalue weighted by atomic mass is 32.3. The van der Waals surface area contributed by atoms with Gasteiger partial charge < -0.3 is 23.8 Å². The van der Waals surface area contributed by atoms with Crippen molar-refractivity contribution in [1.82, 2.24) is 0 Å². The van der Waals surface area contributed by atoms with E-state index in [0.29, 0.717) is 26.2 Å². The van der Waals surface area contributed by atoms with E-state index in [4.69, 9.17) is 22.6 Å². The Bertz CT molecular complexity index is 1770. The minimum atomic E-state index is -4.35. The highest BCUT2D eigenvalue weighted by Gasteiger charge is 2.38. The number of benzene rings is 4. The summed E-state index contributed by atoms with van der Waals surface area (Å²) < 4.78 is 56.8. The molecule has 268 valence electrons. The van der Waals surface area contributed by atoms with Crippen LogP contribution in [0, 0.1) is 0 Å². The Morgan fingerprint density at radius 2 is 0.940 bits per heavy atom. The van der Waals surface area contributed by atoms with E-state index in [1.165, 1.54) is 12.1 Å². The molecule has 0 aliphatic rings. The Balaban J connectivity index is 1.82. The molecule has 0 N–H and O–H groups in total. The molecule has 0 amide bonds. The molecule has 10 nitrogen and oxygen atoms in total. The van der Waals surface area contributed by atoms with Crippen LogP contribution in [0.2, 0.25) is 0 Å². The van der Waals surface area contributed by atoms with Crippen molar-refractivity contribution in [2.45, 2.75) is 72.3 Å². The van der Waals surface area contributed by atoms with Gasteiger partial charge in [0.1, 0.15) is 22.7 Å². The first kappa shape index (κ1) is 38.3. The molecule has 0 saturated heterocycles. The van der Waals surface area contributed by atoms with Crippen LogP contribution in [0.15, 0.2) is 123 Å². The highest BCUT2D eigenvalue weighted by Crippen LogP contribution is 2.70. The first-order valence-corrected chi connectivity index (χ1v) is 18.9. The quantitative estimate of drug-likeness (QED) is 0.127. The summed E-state index contributed by atoms with van der Waals surface area (Å²) in [5.74, 6) is -0.275. The van der Waals surface area contributed by atoms with E-state index in [9.17, 15) is 18.0 Å². The normalized spacial score (nSPS) is 12.5. The zero-order chi connectivity index (χ0) is 36.7. The topological polar surface area (TPSA) is 118 Å². The van der Waals surface area contributed by atoms with Gasteiger partial charge in [0.05, 0.1) is 4.90 Å². The van der Waals surface area contributed by atoms with Gasteiger partial charge in [-0.15, -0.1) is 0 Å². The second-order valence-electron chi connectivity index (χ2n) is 13.5. The zero-order valence-electron chi connectivity index (χ0n) is 29.7. The third-order valence-electron chi connectivity index (χ3n) is 6.77. The second kappa shape index (κ2) is 15.6. The molecule has 0 heterocycles. The van der Waals surface area contributed by atoms with E-state index in [1.807, 2.05) is 43.3 Å². The third-order valence-corrected chi connectivity index (χ3v) is 12.0. The van der Waals surface area contributed by atoms with Crippen molar-refractivity contribution < 1.29 is 40.6 Å². The molecule has 4 rings (SSSR count). The summed E-state index contributed by atoms with van der Waals surface area (Å²) in [4.78, 5) is 28.2. The van der Waals surface area contributed by atoms with Gasteiger partial charge in [0, 0.05) is 34.5 Å². The number of anilines is 1. The number of carbonyl (C=O) groups is 2.